The van der Waals surface area contributed by atoms with Crippen LogP contribution in [0.25, 0.3) is 0 Å². The SMILES string of the molecule is Cn1cc(Br)cc1C(=O)NNC(=O)C1(c2ccccc2Cl)CCOCC1. The van der Waals surface area contributed by atoms with Gasteiger partial charge in [-0.15, -0.1) is 0 Å². The van der Waals surface area contributed by atoms with Crippen molar-refractivity contribution in [1.82, 2.24) is 15.4 Å². The third-order valence-corrected chi connectivity index (χ3v) is 5.43. The summed E-state index contributed by atoms with van der Waals surface area (Å²) in [6.45, 7) is 0.911. The van der Waals surface area contributed by atoms with Crippen LogP contribution in [0.5, 0.6) is 0 Å². The first-order chi connectivity index (χ1) is 12.4. The monoisotopic (exact) mass is 439 g/mol. The summed E-state index contributed by atoms with van der Waals surface area (Å²) >= 11 is 9.68. The normalized spacial score (nSPS) is 16.1. The number of aryl methyl sites for hydroxylation is 1. The number of halogens is 2. The molecule has 2 heterocycles. The van der Waals surface area contributed by atoms with Crippen molar-refractivity contribution < 1.29 is 14.3 Å². The van der Waals surface area contributed by atoms with Gasteiger partial charge in [-0.2, -0.15) is 0 Å². The van der Waals surface area contributed by atoms with Gasteiger partial charge in [0.2, 0.25) is 5.91 Å². The summed E-state index contributed by atoms with van der Waals surface area (Å²) in [5.41, 5.74) is 5.41. The maximum Gasteiger partial charge on any atom is 0.286 e. The third kappa shape index (κ3) is 3.65. The molecule has 0 saturated carbocycles. The van der Waals surface area contributed by atoms with Gasteiger partial charge >= 0.3 is 0 Å². The van der Waals surface area contributed by atoms with Crippen LogP contribution in [0.4, 0.5) is 0 Å². The van der Waals surface area contributed by atoms with E-state index >= 15 is 0 Å². The molecule has 1 aromatic heterocycles. The first-order valence-electron chi connectivity index (χ1n) is 8.19. The Morgan fingerprint density at radius 1 is 1.23 bits per heavy atom. The van der Waals surface area contributed by atoms with E-state index in [4.69, 9.17) is 16.3 Å². The average molecular weight is 441 g/mol. The minimum absolute atomic E-state index is 0.296. The quantitative estimate of drug-likeness (QED) is 0.721. The summed E-state index contributed by atoms with van der Waals surface area (Å²) in [5.74, 6) is -0.691. The zero-order valence-electron chi connectivity index (χ0n) is 14.2. The largest absolute Gasteiger partial charge is 0.381 e. The molecule has 2 amide bonds. The zero-order chi connectivity index (χ0) is 18.7. The van der Waals surface area contributed by atoms with Crippen LogP contribution in [0.3, 0.4) is 0 Å². The summed E-state index contributed by atoms with van der Waals surface area (Å²) < 4.78 is 7.89. The van der Waals surface area contributed by atoms with Gasteiger partial charge < -0.3 is 9.30 Å². The Hall–Kier alpha value is -1.83. The first-order valence-corrected chi connectivity index (χ1v) is 9.36. The molecule has 26 heavy (non-hydrogen) atoms. The maximum atomic E-state index is 13.0. The van der Waals surface area contributed by atoms with Gasteiger partial charge in [-0.3, -0.25) is 20.4 Å². The van der Waals surface area contributed by atoms with E-state index in [1.165, 1.54) is 0 Å². The lowest BCUT2D eigenvalue weighted by Gasteiger charge is -2.36. The summed E-state index contributed by atoms with van der Waals surface area (Å²) in [7, 11) is 1.76. The van der Waals surface area contributed by atoms with Gasteiger partial charge in [0.25, 0.3) is 5.91 Å². The Morgan fingerprint density at radius 3 is 2.54 bits per heavy atom. The summed E-state index contributed by atoms with van der Waals surface area (Å²) in [6, 6.07) is 8.97. The molecule has 6 nitrogen and oxygen atoms in total. The molecule has 8 heteroatoms. The second-order valence-electron chi connectivity index (χ2n) is 6.24. The fourth-order valence-electron chi connectivity index (χ4n) is 3.24. The Kier molecular flexibility index (Phi) is 5.70. The molecular formula is C18H19BrClN3O3. The molecule has 0 bridgehead atoms. The molecule has 1 saturated heterocycles. The Labute approximate surface area is 164 Å². The lowest BCUT2D eigenvalue weighted by atomic mass is 9.73. The van der Waals surface area contributed by atoms with E-state index in [1.54, 1.807) is 29.9 Å². The van der Waals surface area contributed by atoms with Crippen molar-refractivity contribution in [3.63, 3.8) is 0 Å². The molecule has 2 N–H and O–H groups in total. The topological polar surface area (TPSA) is 72.4 Å². The molecule has 1 aliphatic rings. The van der Waals surface area contributed by atoms with Crippen molar-refractivity contribution in [2.75, 3.05) is 13.2 Å². The fraction of sp³-hybridized carbons (Fsp3) is 0.333. The summed E-state index contributed by atoms with van der Waals surface area (Å²) in [5, 5.41) is 0.530. The van der Waals surface area contributed by atoms with Crippen LogP contribution in [0, 0.1) is 0 Å². The number of carbonyl (C=O) groups excluding carboxylic acids is 2. The summed E-state index contributed by atoms with van der Waals surface area (Å²) in [6.07, 6.45) is 2.75. The second kappa shape index (κ2) is 7.82. The fourth-order valence-corrected chi connectivity index (χ4v) is 4.08. The molecule has 2 aromatic rings. The predicted molar refractivity (Wildman–Crippen MR) is 102 cm³/mol. The van der Waals surface area contributed by atoms with Crippen LogP contribution in [0.2, 0.25) is 5.02 Å². The van der Waals surface area contributed by atoms with Gasteiger partial charge in [-0.1, -0.05) is 29.8 Å². The Bertz CT molecular complexity index is 831. The Balaban J connectivity index is 1.80. The molecule has 0 spiro atoms. The number of rotatable bonds is 3. The molecular weight excluding hydrogens is 422 g/mol. The molecule has 1 fully saturated rings. The molecule has 3 rings (SSSR count). The summed E-state index contributed by atoms with van der Waals surface area (Å²) in [4.78, 5) is 25.4. The van der Waals surface area contributed by atoms with E-state index in [2.05, 4.69) is 26.8 Å². The molecule has 1 aliphatic heterocycles. The standard InChI is InChI=1S/C18H19BrClN3O3/c1-23-11-12(19)10-15(23)16(24)21-22-17(25)18(6-8-26-9-7-18)13-4-2-3-5-14(13)20/h2-5,10-11H,6-9H2,1H3,(H,21,24)(H,22,25). The first kappa shape index (κ1) is 18.9. The van der Waals surface area contributed by atoms with Gasteiger partial charge in [-0.05, 0) is 46.5 Å². The van der Waals surface area contributed by atoms with Crippen LogP contribution in [0.1, 0.15) is 28.9 Å². The lowest BCUT2D eigenvalue weighted by Crippen LogP contribution is -2.53. The van der Waals surface area contributed by atoms with E-state index in [9.17, 15) is 9.59 Å². The second-order valence-corrected chi connectivity index (χ2v) is 7.56. The third-order valence-electron chi connectivity index (χ3n) is 4.66. The highest BCUT2D eigenvalue weighted by atomic mass is 79.9. The molecule has 0 atom stereocenters. The van der Waals surface area contributed by atoms with Crippen molar-refractivity contribution in [3.05, 3.63) is 57.3 Å². The van der Waals surface area contributed by atoms with Crippen molar-refractivity contribution in [2.45, 2.75) is 18.3 Å². The smallest absolute Gasteiger partial charge is 0.286 e. The van der Waals surface area contributed by atoms with E-state index in [0.717, 1.165) is 10.0 Å². The van der Waals surface area contributed by atoms with Gasteiger partial charge in [0, 0.05) is 36.0 Å². The number of hydrogen-bond donors (Lipinski definition) is 2. The number of nitrogens with zero attached hydrogens (tertiary/aromatic N) is 1. The molecule has 0 radical (unpaired) electrons. The number of hydrazine groups is 1. The molecule has 0 aliphatic carbocycles. The van der Waals surface area contributed by atoms with Crippen LogP contribution < -0.4 is 10.9 Å². The lowest BCUT2D eigenvalue weighted by molar-refractivity contribution is -0.131. The maximum absolute atomic E-state index is 13.0. The number of ether oxygens (including phenoxy) is 1. The van der Waals surface area contributed by atoms with Crippen molar-refractivity contribution in [3.8, 4) is 0 Å². The molecule has 138 valence electrons. The van der Waals surface area contributed by atoms with E-state index < -0.39 is 11.3 Å². The number of benzene rings is 1. The highest BCUT2D eigenvalue weighted by Gasteiger charge is 2.43. The van der Waals surface area contributed by atoms with Gasteiger partial charge in [0.1, 0.15) is 5.69 Å². The minimum atomic E-state index is -0.835. The van der Waals surface area contributed by atoms with Gasteiger partial charge in [0.05, 0.1) is 5.41 Å². The van der Waals surface area contributed by atoms with E-state index in [1.807, 2.05) is 18.2 Å². The van der Waals surface area contributed by atoms with Crippen LogP contribution in [-0.2, 0) is 22.0 Å². The number of amides is 2. The Morgan fingerprint density at radius 2 is 1.92 bits per heavy atom. The number of nitrogens with one attached hydrogen (secondary N) is 2. The van der Waals surface area contributed by atoms with Crippen LogP contribution >= 0.6 is 27.5 Å². The van der Waals surface area contributed by atoms with E-state index in [-0.39, 0.29) is 5.91 Å². The van der Waals surface area contributed by atoms with Crippen LogP contribution in [0.15, 0.2) is 41.0 Å². The minimum Gasteiger partial charge on any atom is -0.381 e. The van der Waals surface area contributed by atoms with Crippen molar-refractivity contribution in [1.29, 1.82) is 0 Å². The highest BCUT2D eigenvalue weighted by Crippen LogP contribution is 2.38. The average Bonchev–Trinajstić information content (AvgIpc) is 2.98. The van der Waals surface area contributed by atoms with Crippen molar-refractivity contribution >= 4 is 39.3 Å². The predicted octanol–water partition coefficient (Wildman–Crippen LogP) is 2.95. The number of carbonyl (C=O) groups is 2. The molecule has 0 unspecified atom stereocenters. The van der Waals surface area contributed by atoms with Crippen LogP contribution in [-0.4, -0.2) is 29.6 Å². The highest BCUT2D eigenvalue weighted by molar-refractivity contribution is 9.10. The molecule has 1 aromatic carbocycles. The number of aromatic nitrogens is 1. The van der Waals surface area contributed by atoms with Gasteiger partial charge in [0.15, 0.2) is 0 Å². The van der Waals surface area contributed by atoms with Crippen molar-refractivity contribution in [2.24, 2.45) is 7.05 Å². The van der Waals surface area contributed by atoms with E-state index in [0.29, 0.717) is 36.8 Å². The zero-order valence-corrected chi connectivity index (χ0v) is 16.6. The van der Waals surface area contributed by atoms with Gasteiger partial charge in [-0.25, -0.2) is 0 Å². The number of hydrogen-bond acceptors (Lipinski definition) is 3.